The number of nitrogens with zero attached hydrogens (tertiary/aromatic N) is 6. The first kappa shape index (κ1) is 30.7. The molecule has 10 nitrogen and oxygen atoms in total. The van der Waals surface area contributed by atoms with Gasteiger partial charge >= 0.3 is 6.36 Å². The highest BCUT2D eigenvalue weighted by Crippen LogP contribution is 2.41. The van der Waals surface area contributed by atoms with E-state index in [0.29, 0.717) is 30.2 Å². The summed E-state index contributed by atoms with van der Waals surface area (Å²) < 4.78 is 47.4. The van der Waals surface area contributed by atoms with E-state index in [-0.39, 0.29) is 17.2 Å². The average molecular weight is 607 g/mol. The molecule has 0 saturated heterocycles. The topological polar surface area (TPSA) is 114 Å². The Morgan fingerprint density at radius 2 is 2.02 bits per heavy atom. The Hall–Kier alpha value is -4.80. The summed E-state index contributed by atoms with van der Waals surface area (Å²) in [5, 5.41) is 26.8. The van der Waals surface area contributed by atoms with E-state index in [1.54, 1.807) is 11.9 Å². The molecule has 3 heterocycles. The van der Waals surface area contributed by atoms with Gasteiger partial charge in [-0.25, -0.2) is 9.97 Å². The smallest absolute Gasteiger partial charge is 0.403 e. The van der Waals surface area contributed by atoms with Gasteiger partial charge in [0.05, 0.1) is 40.0 Å². The van der Waals surface area contributed by atoms with Crippen LogP contribution in [0.2, 0.25) is 0 Å². The molecule has 0 bridgehead atoms. The normalized spacial score (nSPS) is 13.4. The fourth-order valence-corrected chi connectivity index (χ4v) is 5.29. The maximum atomic E-state index is 13.6. The lowest BCUT2D eigenvalue weighted by Crippen LogP contribution is -2.30. The molecule has 0 radical (unpaired) electrons. The minimum Gasteiger partial charge on any atom is -0.403 e. The molecule has 3 N–H and O–H groups in total. The SMILES string of the molecule is C=CC(O)Nc1cc(Nc2ncc(C#N)c(-c3cn4c5c(cccc35)CCC4)n2)c(OC(F)(F)F)cc1N(C)CCN(C)C. The van der Waals surface area contributed by atoms with E-state index in [9.17, 15) is 23.5 Å². The molecule has 0 amide bonds. The Labute approximate surface area is 253 Å². The Morgan fingerprint density at radius 3 is 2.73 bits per heavy atom. The quantitative estimate of drug-likeness (QED) is 0.151. The van der Waals surface area contributed by atoms with Crippen LogP contribution in [-0.4, -0.2) is 71.4 Å². The Balaban J connectivity index is 1.60. The number of alkyl halides is 3. The van der Waals surface area contributed by atoms with E-state index in [1.807, 2.05) is 37.3 Å². The van der Waals surface area contributed by atoms with Crippen LogP contribution < -0.4 is 20.3 Å². The minimum absolute atomic E-state index is 0.0399. The van der Waals surface area contributed by atoms with Crippen LogP contribution >= 0.6 is 0 Å². The molecule has 0 saturated carbocycles. The lowest BCUT2D eigenvalue weighted by Gasteiger charge is -2.27. The molecule has 230 valence electrons. The number of halogens is 3. The van der Waals surface area contributed by atoms with E-state index in [0.717, 1.165) is 35.9 Å². The number of aliphatic hydroxyl groups excluding tert-OH is 1. The number of aryl methyl sites for hydroxylation is 2. The van der Waals surface area contributed by atoms with Gasteiger partial charge in [-0.15, -0.1) is 13.2 Å². The van der Waals surface area contributed by atoms with Crippen molar-refractivity contribution in [2.45, 2.75) is 32.0 Å². The highest BCUT2D eigenvalue weighted by atomic mass is 19.4. The largest absolute Gasteiger partial charge is 0.573 e. The van der Waals surface area contributed by atoms with Gasteiger partial charge in [-0.2, -0.15) is 5.26 Å². The molecule has 1 unspecified atom stereocenters. The first-order valence-corrected chi connectivity index (χ1v) is 14.0. The van der Waals surface area contributed by atoms with Crippen molar-refractivity contribution >= 4 is 33.9 Å². The molecule has 1 atom stereocenters. The number of aliphatic hydroxyl groups is 1. The van der Waals surface area contributed by atoms with Crippen molar-refractivity contribution < 1.29 is 23.0 Å². The highest BCUT2D eigenvalue weighted by Gasteiger charge is 2.33. The summed E-state index contributed by atoms with van der Waals surface area (Å²) in [6, 6.07) is 10.8. The van der Waals surface area contributed by atoms with Gasteiger partial charge in [0.15, 0.2) is 5.75 Å². The number of likely N-dealkylation sites (N-methyl/N-ethyl adjacent to an activating group) is 2. The summed E-state index contributed by atoms with van der Waals surface area (Å²) in [7, 11) is 5.50. The molecule has 5 rings (SSSR count). The number of ether oxygens (including phenoxy) is 1. The summed E-state index contributed by atoms with van der Waals surface area (Å²) in [6.45, 7) is 5.49. The van der Waals surface area contributed by atoms with Crippen molar-refractivity contribution in [1.82, 2.24) is 19.4 Å². The molecule has 1 aliphatic rings. The van der Waals surface area contributed by atoms with E-state index in [1.165, 1.54) is 30.0 Å². The number of para-hydroxylation sites is 1. The lowest BCUT2D eigenvalue weighted by atomic mass is 10.0. The lowest BCUT2D eigenvalue weighted by molar-refractivity contribution is -0.274. The predicted molar refractivity (Wildman–Crippen MR) is 164 cm³/mol. The van der Waals surface area contributed by atoms with E-state index < -0.39 is 18.3 Å². The molecule has 2 aromatic heterocycles. The number of nitriles is 1. The summed E-state index contributed by atoms with van der Waals surface area (Å²) in [5.41, 5.74) is 4.16. The Morgan fingerprint density at radius 1 is 1.23 bits per heavy atom. The molecule has 0 fully saturated rings. The van der Waals surface area contributed by atoms with Crippen molar-refractivity contribution in [3.05, 3.63) is 66.5 Å². The number of hydrogen-bond donors (Lipinski definition) is 3. The van der Waals surface area contributed by atoms with Crippen LogP contribution in [0.25, 0.3) is 22.2 Å². The zero-order valence-electron chi connectivity index (χ0n) is 24.6. The van der Waals surface area contributed by atoms with Crippen LogP contribution in [0, 0.1) is 11.3 Å². The van der Waals surface area contributed by atoms with Crippen molar-refractivity contribution in [2.24, 2.45) is 0 Å². The van der Waals surface area contributed by atoms with Gasteiger partial charge in [-0.05, 0) is 44.6 Å². The van der Waals surface area contributed by atoms with Crippen LogP contribution in [0.4, 0.5) is 36.2 Å². The number of rotatable bonds is 11. The third-order valence-electron chi connectivity index (χ3n) is 7.38. The minimum atomic E-state index is -4.99. The van der Waals surface area contributed by atoms with Crippen LogP contribution in [-0.2, 0) is 13.0 Å². The van der Waals surface area contributed by atoms with Crippen molar-refractivity contribution in [1.29, 1.82) is 5.26 Å². The summed E-state index contributed by atoms with van der Waals surface area (Å²) in [4.78, 5) is 12.5. The fourth-order valence-electron chi connectivity index (χ4n) is 5.29. The van der Waals surface area contributed by atoms with Gasteiger partial charge in [-0.1, -0.05) is 24.8 Å². The average Bonchev–Trinajstić information content (AvgIpc) is 3.36. The maximum Gasteiger partial charge on any atom is 0.573 e. The van der Waals surface area contributed by atoms with Gasteiger partial charge in [0.2, 0.25) is 5.95 Å². The number of nitrogens with one attached hydrogen (secondary N) is 2. The second kappa shape index (κ2) is 12.4. The molecular weight excluding hydrogens is 573 g/mol. The van der Waals surface area contributed by atoms with E-state index >= 15 is 0 Å². The number of benzene rings is 2. The van der Waals surface area contributed by atoms with Crippen molar-refractivity contribution in [2.75, 3.05) is 49.8 Å². The van der Waals surface area contributed by atoms with E-state index in [2.05, 4.69) is 48.6 Å². The van der Waals surface area contributed by atoms with Crippen LogP contribution in [0.15, 0.2) is 55.4 Å². The fraction of sp³-hybridized carbons (Fsp3) is 0.323. The second-order valence-electron chi connectivity index (χ2n) is 10.8. The van der Waals surface area contributed by atoms with Gasteiger partial charge in [0.25, 0.3) is 0 Å². The maximum absolute atomic E-state index is 13.6. The predicted octanol–water partition coefficient (Wildman–Crippen LogP) is 5.47. The Bertz CT molecular complexity index is 1730. The number of hydrogen-bond acceptors (Lipinski definition) is 9. The van der Waals surface area contributed by atoms with Crippen LogP contribution in [0.3, 0.4) is 0 Å². The molecule has 0 spiro atoms. The first-order chi connectivity index (χ1) is 21.0. The Kier molecular flexibility index (Phi) is 8.66. The van der Waals surface area contributed by atoms with Gasteiger partial charge in [0.1, 0.15) is 12.3 Å². The number of anilines is 4. The molecule has 2 aromatic carbocycles. The van der Waals surface area contributed by atoms with Crippen LogP contribution in [0.1, 0.15) is 17.5 Å². The zero-order chi connectivity index (χ0) is 31.6. The summed E-state index contributed by atoms with van der Waals surface area (Å²) >= 11 is 0. The standard InChI is InChI=1S/C31H33F3N8O2/c1-5-27(43)37-23-14-24(26(44-31(32,33)34)15-25(23)41(4)13-12-40(2)3)38-30-36-17-20(16-35)28(39-30)22-18-42-11-7-9-19-8-6-10-21(22)29(19)42/h5-6,8,10,14-15,17-18,27,37,43H,1,7,9,11-13H2,2-4H3,(H,36,38,39). The molecule has 44 heavy (non-hydrogen) atoms. The first-order valence-electron chi connectivity index (χ1n) is 14.0. The van der Waals surface area contributed by atoms with Gasteiger partial charge in [0, 0.05) is 49.9 Å². The summed E-state index contributed by atoms with van der Waals surface area (Å²) in [6.07, 6.45) is 0.310. The summed E-state index contributed by atoms with van der Waals surface area (Å²) in [5.74, 6) is -0.564. The molecule has 0 aliphatic carbocycles. The molecule has 1 aliphatic heterocycles. The third-order valence-corrected chi connectivity index (χ3v) is 7.38. The molecule has 13 heteroatoms. The van der Waals surface area contributed by atoms with Crippen molar-refractivity contribution in [3.8, 4) is 23.1 Å². The zero-order valence-corrected chi connectivity index (χ0v) is 24.6. The highest BCUT2D eigenvalue weighted by molar-refractivity contribution is 5.98. The third kappa shape index (κ3) is 6.56. The van der Waals surface area contributed by atoms with Crippen molar-refractivity contribution in [3.63, 3.8) is 0 Å². The van der Waals surface area contributed by atoms with E-state index in [4.69, 9.17) is 0 Å². The molecular formula is C31H33F3N8O2. The van der Waals surface area contributed by atoms with Crippen LogP contribution in [0.5, 0.6) is 5.75 Å². The monoisotopic (exact) mass is 606 g/mol. The molecule has 4 aromatic rings. The second-order valence-corrected chi connectivity index (χ2v) is 10.8. The van der Waals surface area contributed by atoms with Gasteiger partial charge in [-0.3, -0.25) is 0 Å². The van der Waals surface area contributed by atoms with Gasteiger partial charge < -0.3 is 34.8 Å². The number of aromatic nitrogens is 3.